The van der Waals surface area contributed by atoms with Crippen molar-refractivity contribution in [2.24, 2.45) is 11.8 Å². The third kappa shape index (κ3) is 6.58. The predicted molar refractivity (Wildman–Crippen MR) is 105 cm³/mol. The van der Waals surface area contributed by atoms with Crippen molar-refractivity contribution in [2.75, 3.05) is 39.4 Å². The number of ether oxygens (including phenoxy) is 2. The Morgan fingerprint density at radius 2 is 1.93 bits per heavy atom. The van der Waals surface area contributed by atoms with Gasteiger partial charge in [-0.3, -0.25) is 0 Å². The Bertz CT molecular complexity index is 686. The molecule has 2 fully saturated rings. The minimum absolute atomic E-state index is 0.0973. The van der Waals surface area contributed by atoms with Gasteiger partial charge in [0.15, 0.2) is 6.10 Å². The van der Waals surface area contributed by atoms with E-state index in [1.165, 1.54) is 0 Å². The molecule has 1 aromatic carbocycles. The summed E-state index contributed by atoms with van der Waals surface area (Å²) < 4.78 is 47.8. The van der Waals surface area contributed by atoms with E-state index in [1.807, 2.05) is 29.2 Å². The number of carbonyl (C=O) groups is 1. The van der Waals surface area contributed by atoms with Gasteiger partial charge in [-0.1, -0.05) is 12.1 Å². The molecule has 1 saturated heterocycles. The highest BCUT2D eigenvalue weighted by Gasteiger charge is 2.55. The van der Waals surface area contributed by atoms with E-state index in [-0.39, 0.29) is 6.54 Å². The molecule has 2 N–H and O–H groups in total. The molecular weight excluding hydrogens is 401 g/mol. The van der Waals surface area contributed by atoms with Gasteiger partial charge in [0, 0.05) is 45.2 Å². The van der Waals surface area contributed by atoms with Gasteiger partial charge in [-0.05, 0) is 36.5 Å². The van der Waals surface area contributed by atoms with Crippen LogP contribution in [-0.4, -0.2) is 73.7 Å². The summed E-state index contributed by atoms with van der Waals surface area (Å²) in [6, 6.07) is 7.66. The Morgan fingerprint density at radius 1 is 1.27 bits per heavy atom. The minimum atomic E-state index is -4.08. The van der Waals surface area contributed by atoms with E-state index >= 15 is 0 Å². The third-order valence-electron chi connectivity index (χ3n) is 5.72. The van der Waals surface area contributed by atoms with E-state index in [4.69, 9.17) is 14.6 Å². The molecule has 1 heterocycles. The van der Waals surface area contributed by atoms with E-state index < -0.39 is 24.7 Å². The largest absolute Gasteiger partial charge is 0.492 e. The van der Waals surface area contributed by atoms with Gasteiger partial charge in [0.2, 0.25) is 0 Å². The molecule has 1 unspecified atom stereocenters. The Hall–Kier alpha value is -1.84. The molecule has 0 spiro atoms. The van der Waals surface area contributed by atoms with E-state index in [2.05, 4.69) is 5.32 Å². The number of piperidine rings is 1. The van der Waals surface area contributed by atoms with E-state index in [0.29, 0.717) is 49.8 Å². The molecule has 1 saturated carbocycles. The number of hydrogen-bond acceptors (Lipinski definition) is 5. The Kier molecular flexibility index (Phi) is 7.60. The first-order valence-corrected chi connectivity index (χ1v) is 10.4. The molecule has 168 valence electrons. The lowest BCUT2D eigenvalue weighted by molar-refractivity contribution is -0.150. The van der Waals surface area contributed by atoms with Crippen molar-refractivity contribution in [1.29, 1.82) is 0 Å². The molecule has 0 aromatic heterocycles. The molecule has 9 heteroatoms. The number of nitrogens with zero attached hydrogens (tertiary/aromatic N) is 1. The second-order valence-electron chi connectivity index (χ2n) is 7.91. The number of carboxylic acid groups (broad SMARTS) is 1. The lowest BCUT2D eigenvalue weighted by Gasteiger charge is -2.20. The van der Waals surface area contributed by atoms with Crippen molar-refractivity contribution in [3.8, 4) is 5.75 Å². The van der Waals surface area contributed by atoms with Crippen molar-refractivity contribution in [3.05, 3.63) is 29.8 Å². The summed E-state index contributed by atoms with van der Waals surface area (Å²) in [6.07, 6.45) is -5.37. The number of rotatable bonds is 12. The van der Waals surface area contributed by atoms with Crippen LogP contribution in [0.2, 0.25) is 0 Å². The highest BCUT2D eigenvalue weighted by Crippen LogP contribution is 2.45. The van der Waals surface area contributed by atoms with Crippen LogP contribution in [0.5, 0.6) is 5.75 Å². The van der Waals surface area contributed by atoms with Crippen LogP contribution in [0, 0.1) is 11.8 Å². The zero-order valence-corrected chi connectivity index (χ0v) is 17.0. The monoisotopic (exact) mass is 430 g/mol. The second kappa shape index (κ2) is 9.98. The summed E-state index contributed by atoms with van der Waals surface area (Å²) in [6.45, 7) is 4.84. The van der Waals surface area contributed by atoms with Crippen molar-refractivity contribution < 1.29 is 32.5 Å². The van der Waals surface area contributed by atoms with Gasteiger partial charge in [-0.2, -0.15) is 13.2 Å². The SMILES string of the molecule is CCO[C@@H](Cc1ccc(OCCNC2[C@H]3CN(CCC(F)(F)F)C[C@@H]23)cc1)C(=O)O. The van der Waals surface area contributed by atoms with Crippen LogP contribution in [0.25, 0.3) is 0 Å². The number of halogens is 3. The highest BCUT2D eigenvalue weighted by atomic mass is 19.4. The number of aliphatic carboxylic acids is 1. The molecule has 0 radical (unpaired) electrons. The summed E-state index contributed by atoms with van der Waals surface area (Å²) in [7, 11) is 0. The minimum Gasteiger partial charge on any atom is -0.492 e. The van der Waals surface area contributed by atoms with E-state index in [1.54, 1.807) is 6.92 Å². The van der Waals surface area contributed by atoms with Gasteiger partial charge >= 0.3 is 12.1 Å². The average Bonchev–Trinajstić information content (AvgIpc) is 3.13. The molecule has 3 rings (SSSR count). The Morgan fingerprint density at radius 3 is 2.50 bits per heavy atom. The number of hydrogen-bond donors (Lipinski definition) is 2. The number of fused-ring (bicyclic) bond motifs is 1. The summed E-state index contributed by atoms with van der Waals surface area (Å²) in [4.78, 5) is 13.1. The van der Waals surface area contributed by atoms with E-state index in [9.17, 15) is 18.0 Å². The van der Waals surface area contributed by atoms with E-state index in [0.717, 1.165) is 18.7 Å². The zero-order chi connectivity index (χ0) is 21.7. The van der Waals surface area contributed by atoms with Gasteiger partial charge in [-0.15, -0.1) is 0 Å². The molecule has 4 atom stereocenters. The van der Waals surface area contributed by atoms with Crippen LogP contribution >= 0.6 is 0 Å². The van der Waals surface area contributed by atoms with Gasteiger partial charge < -0.3 is 24.8 Å². The van der Waals surface area contributed by atoms with Crippen LogP contribution in [0.15, 0.2) is 24.3 Å². The average molecular weight is 430 g/mol. The summed E-state index contributed by atoms with van der Waals surface area (Å²) >= 11 is 0. The maximum absolute atomic E-state index is 12.3. The fourth-order valence-electron chi connectivity index (χ4n) is 4.13. The molecule has 0 bridgehead atoms. The van der Waals surface area contributed by atoms with Gasteiger partial charge in [-0.25, -0.2) is 4.79 Å². The molecule has 6 nitrogen and oxygen atoms in total. The molecule has 1 aliphatic carbocycles. The fraction of sp³-hybridized carbons (Fsp3) is 0.667. The normalized spacial score (nSPS) is 24.5. The van der Waals surface area contributed by atoms with Crippen LogP contribution in [0.3, 0.4) is 0 Å². The lowest BCUT2D eigenvalue weighted by Crippen LogP contribution is -2.34. The van der Waals surface area contributed by atoms with Crippen LogP contribution in [0.1, 0.15) is 18.9 Å². The number of carboxylic acids is 1. The van der Waals surface area contributed by atoms with Crippen LogP contribution < -0.4 is 10.1 Å². The van der Waals surface area contributed by atoms with Crippen LogP contribution in [0.4, 0.5) is 13.2 Å². The number of benzene rings is 1. The third-order valence-corrected chi connectivity index (χ3v) is 5.72. The van der Waals surface area contributed by atoms with Gasteiger partial charge in [0.05, 0.1) is 6.42 Å². The standard InChI is InChI=1S/C21H29F3N2O4/c1-2-29-18(20(27)28)11-14-3-5-15(6-4-14)30-10-8-25-19-16-12-26(13-17(16)19)9-7-21(22,23)24/h3-6,16-19,25H,2,7-13H2,1H3,(H,27,28)/t16-,17+,18-,19?/m0/s1. The Balaban J connectivity index is 1.30. The van der Waals surface area contributed by atoms with Crippen molar-refractivity contribution in [1.82, 2.24) is 10.2 Å². The Labute approximate surface area is 174 Å². The van der Waals surface area contributed by atoms with Crippen molar-refractivity contribution in [2.45, 2.75) is 38.1 Å². The molecular formula is C21H29F3N2O4. The summed E-state index contributed by atoms with van der Waals surface area (Å²) in [5.41, 5.74) is 0.863. The molecule has 1 aliphatic heterocycles. The van der Waals surface area contributed by atoms with Crippen LogP contribution in [-0.2, 0) is 16.0 Å². The molecule has 0 amide bonds. The number of alkyl halides is 3. The predicted octanol–water partition coefficient (Wildman–Crippen LogP) is 2.57. The molecule has 30 heavy (non-hydrogen) atoms. The maximum atomic E-state index is 12.3. The lowest BCUT2D eigenvalue weighted by atomic mass is 10.1. The summed E-state index contributed by atoms with van der Waals surface area (Å²) in [5, 5.41) is 12.6. The highest BCUT2D eigenvalue weighted by molar-refractivity contribution is 5.72. The first kappa shape index (κ1) is 22.8. The quantitative estimate of drug-likeness (QED) is 0.497. The molecule has 2 aliphatic rings. The van der Waals surface area contributed by atoms with Crippen molar-refractivity contribution in [3.63, 3.8) is 0 Å². The zero-order valence-electron chi connectivity index (χ0n) is 17.0. The number of likely N-dealkylation sites (tertiary alicyclic amines) is 1. The number of nitrogens with one attached hydrogen (secondary N) is 1. The van der Waals surface area contributed by atoms with Crippen molar-refractivity contribution >= 4 is 5.97 Å². The fourth-order valence-corrected chi connectivity index (χ4v) is 4.13. The maximum Gasteiger partial charge on any atom is 0.390 e. The van der Waals surface area contributed by atoms with Gasteiger partial charge in [0.1, 0.15) is 12.4 Å². The summed E-state index contributed by atoms with van der Waals surface area (Å²) in [5.74, 6) is 0.629. The molecule has 1 aromatic rings. The second-order valence-corrected chi connectivity index (χ2v) is 7.91. The smallest absolute Gasteiger partial charge is 0.390 e. The first-order valence-electron chi connectivity index (χ1n) is 10.4. The van der Waals surface area contributed by atoms with Gasteiger partial charge in [0.25, 0.3) is 0 Å². The first-order chi connectivity index (χ1) is 14.3. The topological polar surface area (TPSA) is 71.0 Å².